The van der Waals surface area contributed by atoms with Crippen molar-refractivity contribution < 1.29 is 8.42 Å². The van der Waals surface area contributed by atoms with Gasteiger partial charge in [0.15, 0.2) is 0 Å². The van der Waals surface area contributed by atoms with Crippen LogP contribution in [-0.4, -0.2) is 43.6 Å². The van der Waals surface area contributed by atoms with Gasteiger partial charge in [-0.3, -0.25) is 0 Å². The normalized spacial score (nSPS) is 11.8. The molecule has 0 saturated heterocycles. The Labute approximate surface area is 117 Å². The van der Waals surface area contributed by atoms with Gasteiger partial charge in [-0.05, 0) is 41.4 Å². The lowest BCUT2D eigenvalue weighted by atomic mass is 10.4. The van der Waals surface area contributed by atoms with Crippen LogP contribution in [0.15, 0.2) is 22.8 Å². The number of sulfonamides is 1. The molecule has 1 aromatic rings. The minimum Gasteiger partial charge on any atom is -0.370 e. The topological polar surface area (TPSA) is 62.3 Å². The van der Waals surface area contributed by atoms with Crippen LogP contribution in [-0.2, 0) is 10.0 Å². The van der Waals surface area contributed by atoms with Gasteiger partial charge in [0.05, 0.1) is 5.75 Å². The highest BCUT2D eigenvalue weighted by Crippen LogP contribution is 2.10. The van der Waals surface area contributed by atoms with Gasteiger partial charge < -0.3 is 5.32 Å². The fourth-order valence-corrected chi connectivity index (χ4v) is 2.44. The summed E-state index contributed by atoms with van der Waals surface area (Å²) >= 11 is 3.31. The van der Waals surface area contributed by atoms with Crippen LogP contribution in [0.25, 0.3) is 0 Å². The summed E-state index contributed by atoms with van der Waals surface area (Å²) in [6, 6.07) is 3.78. The van der Waals surface area contributed by atoms with Crippen LogP contribution in [0.2, 0.25) is 0 Å². The van der Waals surface area contributed by atoms with Crippen LogP contribution in [0.3, 0.4) is 0 Å². The van der Waals surface area contributed by atoms with Crippen molar-refractivity contribution >= 4 is 31.8 Å². The van der Waals surface area contributed by atoms with Gasteiger partial charge in [0.2, 0.25) is 10.0 Å². The monoisotopic (exact) mass is 335 g/mol. The fraction of sp³-hybridized carbons (Fsp3) is 0.545. The van der Waals surface area contributed by atoms with E-state index in [4.69, 9.17) is 0 Å². The van der Waals surface area contributed by atoms with Crippen molar-refractivity contribution in [3.63, 3.8) is 0 Å². The summed E-state index contributed by atoms with van der Waals surface area (Å²) in [5, 5.41) is 3.14. The third-order valence-electron chi connectivity index (χ3n) is 2.52. The number of rotatable bonds is 7. The van der Waals surface area contributed by atoms with E-state index in [0.717, 1.165) is 16.7 Å². The van der Waals surface area contributed by atoms with Crippen molar-refractivity contribution in [2.45, 2.75) is 13.3 Å². The largest absolute Gasteiger partial charge is 0.370 e. The predicted molar refractivity (Wildman–Crippen MR) is 77.1 cm³/mol. The smallest absolute Gasteiger partial charge is 0.213 e. The number of anilines is 1. The predicted octanol–water partition coefficient (Wildman–Crippen LogP) is 1.93. The molecule has 0 aromatic carbocycles. The van der Waals surface area contributed by atoms with Crippen molar-refractivity contribution in [2.24, 2.45) is 0 Å². The van der Waals surface area contributed by atoms with Crippen LogP contribution in [0.5, 0.6) is 0 Å². The molecule has 0 amide bonds. The third-order valence-corrected chi connectivity index (χ3v) is 4.85. The fourth-order valence-electron chi connectivity index (χ4n) is 1.36. The first-order valence-electron chi connectivity index (χ1n) is 5.75. The average Bonchev–Trinajstić information content (AvgIpc) is 2.36. The number of pyridine rings is 1. The first-order chi connectivity index (χ1) is 8.45. The Morgan fingerprint density at radius 3 is 2.72 bits per heavy atom. The quantitative estimate of drug-likeness (QED) is 0.773. The molecule has 1 aromatic heterocycles. The summed E-state index contributed by atoms with van der Waals surface area (Å²) in [5.74, 6) is 0.935. The zero-order chi connectivity index (χ0) is 13.6. The Bertz CT molecular complexity index is 462. The Morgan fingerprint density at radius 1 is 1.44 bits per heavy atom. The molecule has 0 fully saturated rings. The number of hydrogen-bond acceptors (Lipinski definition) is 4. The Kier molecular flexibility index (Phi) is 6.04. The summed E-state index contributed by atoms with van der Waals surface area (Å²) in [6.07, 6.45) is 2.46. The number of nitrogens with one attached hydrogen (secondary N) is 1. The van der Waals surface area contributed by atoms with Crippen molar-refractivity contribution in [2.75, 3.05) is 31.2 Å². The molecule has 0 aliphatic carbocycles. The van der Waals surface area contributed by atoms with Gasteiger partial charge in [-0.2, -0.15) is 0 Å². The Balaban J connectivity index is 2.29. The van der Waals surface area contributed by atoms with Crippen LogP contribution >= 0.6 is 15.9 Å². The van der Waals surface area contributed by atoms with Crippen LogP contribution in [0.4, 0.5) is 5.82 Å². The molecule has 1 heterocycles. The van der Waals surface area contributed by atoms with E-state index in [9.17, 15) is 8.42 Å². The van der Waals surface area contributed by atoms with Gasteiger partial charge >= 0.3 is 0 Å². The molecule has 102 valence electrons. The molecule has 0 radical (unpaired) electrons. The van der Waals surface area contributed by atoms with Crippen LogP contribution < -0.4 is 5.32 Å². The molecule has 0 saturated carbocycles. The number of hydrogen-bond donors (Lipinski definition) is 1. The number of halogens is 1. The Hall–Kier alpha value is -0.660. The average molecular weight is 336 g/mol. The zero-order valence-electron chi connectivity index (χ0n) is 10.6. The molecule has 0 atom stereocenters. The van der Waals surface area contributed by atoms with E-state index in [1.54, 1.807) is 20.2 Å². The molecular formula is C11H18BrN3O2S. The SMILES string of the molecule is CCS(=O)(=O)N(C)CCCNc1ccc(Br)cn1. The minimum atomic E-state index is -3.07. The maximum atomic E-state index is 11.5. The zero-order valence-corrected chi connectivity index (χ0v) is 13.0. The van der Waals surface area contributed by atoms with Crippen molar-refractivity contribution in [1.29, 1.82) is 0 Å². The first kappa shape index (κ1) is 15.4. The molecular weight excluding hydrogens is 318 g/mol. The van der Waals surface area contributed by atoms with Gasteiger partial charge in [-0.15, -0.1) is 0 Å². The standard InChI is InChI=1S/C11H18BrN3O2S/c1-3-18(16,17)15(2)8-4-7-13-11-6-5-10(12)9-14-11/h5-6,9H,3-4,7-8H2,1-2H3,(H,13,14). The second kappa shape index (κ2) is 7.06. The molecule has 1 rings (SSSR count). The van der Waals surface area contributed by atoms with E-state index in [0.29, 0.717) is 13.1 Å². The highest BCUT2D eigenvalue weighted by Gasteiger charge is 2.13. The summed E-state index contributed by atoms with van der Waals surface area (Å²) in [4.78, 5) is 4.17. The molecule has 0 spiro atoms. The molecule has 5 nitrogen and oxygen atoms in total. The minimum absolute atomic E-state index is 0.144. The Morgan fingerprint density at radius 2 is 2.17 bits per heavy atom. The highest BCUT2D eigenvalue weighted by atomic mass is 79.9. The maximum Gasteiger partial charge on any atom is 0.213 e. The highest BCUT2D eigenvalue weighted by molar-refractivity contribution is 9.10. The lowest BCUT2D eigenvalue weighted by Gasteiger charge is -2.15. The summed E-state index contributed by atoms with van der Waals surface area (Å²) in [7, 11) is -1.46. The lowest BCUT2D eigenvalue weighted by molar-refractivity contribution is 0.466. The van der Waals surface area contributed by atoms with Crippen molar-refractivity contribution in [3.05, 3.63) is 22.8 Å². The van der Waals surface area contributed by atoms with Gasteiger partial charge in [0.25, 0.3) is 0 Å². The molecule has 0 aliphatic heterocycles. The van der Waals surface area contributed by atoms with E-state index >= 15 is 0 Å². The molecule has 0 aliphatic rings. The molecule has 18 heavy (non-hydrogen) atoms. The summed E-state index contributed by atoms with van der Waals surface area (Å²) in [6.45, 7) is 2.85. The second-order valence-electron chi connectivity index (χ2n) is 3.86. The second-order valence-corrected chi connectivity index (χ2v) is 7.14. The lowest BCUT2D eigenvalue weighted by Crippen LogP contribution is -2.30. The first-order valence-corrected chi connectivity index (χ1v) is 8.15. The van der Waals surface area contributed by atoms with Gasteiger partial charge in [-0.25, -0.2) is 17.7 Å². The van der Waals surface area contributed by atoms with Crippen molar-refractivity contribution in [3.8, 4) is 0 Å². The van der Waals surface area contributed by atoms with Gasteiger partial charge in [0, 0.05) is 30.8 Å². The van der Waals surface area contributed by atoms with Crippen LogP contribution in [0.1, 0.15) is 13.3 Å². The number of nitrogens with zero attached hydrogens (tertiary/aromatic N) is 2. The van der Waals surface area contributed by atoms with E-state index in [2.05, 4.69) is 26.2 Å². The van der Waals surface area contributed by atoms with E-state index in [1.165, 1.54) is 4.31 Å². The summed E-state index contributed by atoms with van der Waals surface area (Å²) < 4.78 is 25.3. The van der Waals surface area contributed by atoms with Crippen molar-refractivity contribution in [1.82, 2.24) is 9.29 Å². The van der Waals surface area contributed by atoms with E-state index in [-0.39, 0.29) is 5.75 Å². The molecule has 0 bridgehead atoms. The maximum absolute atomic E-state index is 11.5. The summed E-state index contributed by atoms with van der Waals surface area (Å²) in [5.41, 5.74) is 0. The third kappa shape index (κ3) is 4.91. The van der Waals surface area contributed by atoms with Gasteiger partial charge in [0.1, 0.15) is 5.82 Å². The number of aromatic nitrogens is 1. The van der Waals surface area contributed by atoms with Crippen LogP contribution in [0, 0.1) is 0 Å². The molecule has 7 heteroatoms. The van der Waals surface area contributed by atoms with E-state index in [1.807, 2.05) is 12.1 Å². The molecule has 1 N–H and O–H groups in total. The van der Waals surface area contributed by atoms with Gasteiger partial charge in [-0.1, -0.05) is 0 Å². The molecule has 0 unspecified atom stereocenters. The van der Waals surface area contributed by atoms with E-state index < -0.39 is 10.0 Å².